The third kappa shape index (κ3) is 6.28. The lowest BCUT2D eigenvalue weighted by Gasteiger charge is -2.19. The lowest BCUT2D eigenvalue weighted by Crippen LogP contribution is -2.33. The Bertz CT molecular complexity index is 604. The second-order valence-corrected chi connectivity index (χ2v) is 7.02. The highest BCUT2D eigenvalue weighted by Crippen LogP contribution is 2.23. The van der Waals surface area contributed by atoms with Crippen LogP contribution in [0.2, 0.25) is 0 Å². The van der Waals surface area contributed by atoms with Gasteiger partial charge in [-0.25, -0.2) is 9.78 Å². The van der Waals surface area contributed by atoms with Crippen LogP contribution in [0.25, 0.3) is 10.6 Å². The molecule has 0 radical (unpaired) electrons. The van der Waals surface area contributed by atoms with Crippen LogP contribution >= 0.6 is 11.3 Å². The van der Waals surface area contributed by atoms with Crippen LogP contribution in [-0.2, 0) is 4.74 Å². The van der Waals surface area contributed by atoms with Crippen LogP contribution in [0, 0.1) is 0 Å². The molecule has 0 spiro atoms. The molecule has 1 aromatic carbocycles. The first-order valence-electron chi connectivity index (χ1n) is 7.65. The number of anilines is 1. The van der Waals surface area contributed by atoms with E-state index in [9.17, 15) is 4.79 Å². The summed E-state index contributed by atoms with van der Waals surface area (Å²) >= 11 is 1.63. The van der Waals surface area contributed by atoms with Crippen molar-refractivity contribution in [1.29, 1.82) is 0 Å². The monoisotopic (exact) mass is 333 g/mol. The van der Waals surface area contributed by atoms with Crippen molar-refractivity contribution in [3.05, 3.63) is 35.8 Å². The van der Waals surface area contributed by atoms with E-state index in [1.54, 1.807) is 11.3 Å². The molecule has 0 bridgehead atoms. The Morgan fingerprint density at radius 2 is 1.96 bits per heavy atom. The number of benzene rings is 1. The van der Waals surface area contributed by atoms with Crippen molar-refractivity contribution in [1.82, 2.24) is 10.3 Å². The summed E-state index contributed by atoms with van der Waals surface area (Å²) in [6.07, 6.45) is 2.27. The molecule has 6 heteroatoms. The zero-order valence-electron chi connectivity index (χ0n) is 13.8. The van der Waals surface area contributed by atoms with E-state index in [0.29, 0.717) is 6.54 Å². The van der Waals surface area contributed by atoms with Crippen molar-refractivity contribution >= 4 is 23.1 Å². The van der Waals surface area contributed by atoms with Crippen LogP contribution in [0.4, 0.5) is 10.5 Å². The minimum atomic E-state index is -0.457. The molecule has 2 rings (SSSR count). The molecule has 0 atom stereocenters. The lowest BCUT2D eigenvalue weighted by molar-refractivity contribution is 0.0528. The van der Waals surface area contributed by atoms with Gasteiger partial charge >= 0.3 is 6.09 Å². The molecule has 0 unspecified atom stereocenters. The van der Waals surface area contributed by atoms with E-state index >= 15 is 0 Å². The molecule has 0 saturated carbocycles. The molecule has 0 aliphatic carbocycles. The fraction of sp³-hybridized carbons (Fsp3) is 0.412. The van der Waals surface area contributed by atoms with Crippen LogP contribution in [-0.4, -0.2) is 29.8 Å². The van der Waals surface area contributed by atoms with E-state index in [2.05, 4.69) is 27.8 Å². The normalized spacial score (nSPS) is 11.1. The molecule has 0 saturated heterocycles. The van der Waals surface area contributed by atoms with Crippen LogP contribution in [0.15, 0.2) is 35.8 Å². The number of alkyl carbamates (subject to hydrolysis) is 1. The quantitative estimate of drug-likeness (QED) is 0.780. The van der Waals surface area contributed by atoms with Gasteiger partial charge in [-0.3, -0.25) is 0 Å². The molecule has 5 nitrogen and oxygen atoms in total. The molecule has 0 fully saturated rings. The summed E-state index contributed by atoms with van der Waals surface area (Å²) < 4.78 is 5.18. The van der Waals surface area contributed by atoms with E-state index in [1.165, 1.54) is 0 Å². The van der Waals surface area contributed by atoms with Gasteiger partial charge in [-0.05, 0) is 51.5 Å². The van der Waals surface area contributed by atoms with E-state index in [-0.39, 0.29) is 6.09 Å². The van der Waals surface area contributed by atoms with Gasteiger partial charge in [0.05, 0.1) is 0 Å². The Morgan fingerprint density at radius 1 is 1.22 bits per heavy atom. The van der Waals surface area contributed by atoms with Crippen LogP contribution in [0.5, 0.6) is 0 Å². The maximum Gasteiger partial charge on any atom is 0.407 e. The van der Waals surface area contributed by atoms with Gasteiger partial charge < -0.3 is 15.4 Å². The number of nitrogens with zero attached hydrogens (tertiary/aromatic N) is 1. The van der Waals surface area contributed by atoms with Crippen LogP contribution in [0.3, 0.4) is 0 Å². The molecule has 1 amide bonds. The number of hydrogen-bond donors (Lipinski definition) is 2. The first kappa shape index (κ1) is 17.3. The third-order valence-electron chi connectivity index (χ3n) is 2.92. The molecule has 1 aromatic heterocycles. The number of carbonyl (C=O) groups excluding carboxylic acids is 1. The van der Waals surface area contributed by atoms with Crippen LogP contribution < -0.4 is 10.6 Å². The highest BCUT2D eigenvalue weighted by Gasteiger charge is 2.15. The van der Waals surface area contributed by atoms with Gasteiger partial charge in [-0.15, -0.1) is 11.3 Å². The Morgan fingerprint density at radius 3 is 2.57 bits per heavy atom. The highest BCUT2D eigenvalue weighted by molar-refractivity contribution is 7.13. The molecular weight excluding hydrogens is 310 g/mol. The number of nitrogens with one attached hydrogen (secondary N) is 2. The number of amides is 1. The smallest absolute Gasteiger partial charge is 0.407 e. The zero-order chi connectivity index (χ0) is 16.7. The second kappa shape index (κ2) is 7.97. The molecule has 0 aliphatic heterocycles. The number of ether oxygens (including phenoxy) is 1. The van der Waals surface area contributed by atoms with E-state index in [1.807, 2.05) is 44.5 Å². The minimum absolute atomic E-state index is 0.370. The third-order valence-corrected chi connectivity index (χ3v) is 3.74. The highest BCUT2D eigenvalue weighted by atomic mass is 32.1. The maximum absolute atomic E-state index is 11.5. The summed E-state index contributed by atoms with van der Waals surface area (Å²) in [5.41, 5.74) is 1.72. The van der Waals surface area contributed by atoms with E-state index in [0.717, 1.165) is 29.2 Å². The molecule has 1 heterocycles. The van der Waals surface area contributed by atoms with Gasteiger partial charge in [0.25, 0.3) is 0 Å². The van der Waals surface area contributed by atoms with Gasteiger partial charge in [0.15, 0.2) is 0 Å². The number of aromatic nitrogens is 1. The fourth-order valence-corrected chi connectivity index (χ4v) is 2.57. The fourth-order valence-electron chi connectivity index (χ4n) is 1.92. The summed E-state index contributed by atoms with van der Waals surface area (Å²) in [5.74, 6) is 0. The van der Waals surface area contributed by atoms with Crippen molar-refractivity contribution < 1.29 is 9.53 Å². The number of carbonyl (C=O) groups is 1. The Kier molecular flexibility index (Phi) is 5.98. The van der Waals surface area contributed by atoms with Gasteiger partial charge in [0.1, 0.15) is 10.6 Å². The number of thiazole rings is 1. The molecular formula is C17H23N3O2S. The van der Waals surface area contributed by atoms with Crippen molar-refractivity contribution in [2.45, 2.75) is 32.8 Å². The number of hydrogen-bond acceptors (Lipinski definition) is 5. The predicted molar refractivity (Wildman–Crippen MR) is 94.9 cm³/mol. The summed E-state index contributed by atoms with van der Waals surface area (Å²) in [6, 6.07) is 8.19. The molecule has 124 valence electrons. The van der Waals surface area contributed by atoms with Crippen molar-refractivity contribution in [3.63, 3.8) is 0 Å². The summed E-state index contributed by atoms with van der Waals surface area (Å²) in [5, 5.41) is 9.07. The minimum Gasteiger partial charge on any atom is -0.444 e. The second-order valence-electron chi connectivity index (χ2n) is 6.12. The van der Waals surface area contributed by atoms with Crippen molar-refractivity contribution in [3.8, 4) is 10.6 Å². The average molecular weight is 333 g/mol. The van der Waals surface area contributed by atoms with E-state index in [4.69, 9.17) is 4.74 Å². The molecule has 2 aromatic rings. The van der Waals surface area contributed by atoms with Gasteiger partial charge in [-0.1, -0.05) is 0 Å². The first-order valence-corrected chi connectivity index (χ1v) is 8.53. The van der Waals surface area contributed by atoms with Gasteiger partial charge in [0.2, 0.25) is 0 Å². The van der Waals surface area contributed by atoms with Gasteiger partial charge in [0, 0.05) is 35.9 Å². The largest absolute Gasteiger partial charge is 0.444 e. The lowest BCUT2D eigenvalue weighted by atomic mass is 10.2. The van der Waals surface area contributed by atoms with Crippen molar-refractivity contribution in [2.24, 2.45) is 0 Å². The molecule has 0 aliphatic rings. The number of rotatable bonds is 6. The topological polar surface area (TPSA) is 63.2 Å². The van der Waals surface area contributed by atoms with E-state index < -0.39 is 5.60 Å². The summed E-state index contributed by atoms with van der Waals surface area (Å²) in [7, 11) is 0. The first-order chi connectivity index (χ1) is 10.9. The SMILES string of the molecule is CC(C)(C)OC(=O)NCCCNc1ccc(-c2nccs2)cc1. The Hall–Kier alpha value is -2.08. The van der Waals surface area contributed by atoms with Crippen LogP contribution in [0.1, 0.15) is 27.2 Å². The Labute approximate surface area is 141 Å². The zero-order valence-corrected chi connectivity index (χ0v) is 14.6. The standard InChI is InChI=1S/C17H23N3O2S/c1-17(2,3)22-16(21)20-10-4-9-18-14-7-5-13(6-8-14)15-19-11-12-23-15/h5-8,11-12,18H,4,9-10H2,1-3H3,(H,20,21). The Balaban J connectivity index is 1.66. The van der Waals surface area contributed by atoms with Crippen molar-refractivity contribution in [2.75, 3.05) is 18.4 Å². The molecule has 23 heavy (non-hydrogen) atoms. The molecule has 2 N–H and O–H groups in total. The predicted octanol–water partition coefficient (Wildman–Crippen LogP) is 4.14. The summed E-state index contributed by atoms with van der Waals surface area (Å²) in [6.45, 7) is 6.92. The average Bonchev–Trinajstić information content (AvgIpc) is 3.00. The summed E-state index contributed by atoms with van der Waals surface area (Å²) in [4.78, 5) is 15.8. The maximum atomic E-state index is 11.5. The van der Waals surface area contributed by atoms with Gasteiger partial charge in [-0.2, -0.15) is 0 Å².